The van der Waals surface area contributed by atoms with Crippen LogP contribution in [-0.2, 0) is 10.1 Å². The number of nitrogens with zero attached hydrogens (tertiary/aromatic N) is 1. The maximum absolute atomic E-state index is 12.2. The topological polar surface area (TPSA) is 55.7 Å². The van der Waals surface area contributed by atoms with Crippen molar-refractivity contribution in [3.05, 3.63) is 89.5 Å². The first-order valence-corrected chi connectivity index (χ1v) is 9.56. The molecule has 0 heterocycles. The Morgan fingerprint density at radius 1 is 0.885 bits per heavy atom. The second-order valence-electron chi connectivity index (χ2n) is 5.97. The quantitative estimate of drug-likeness (QED) is 0.481. The second kappa shape index (κ2) is 7.54. The summed E-state index contributed by atoms with van der Waals surface area (Å²) in [6.45, 7) is 4.06. The molecule has 0 saturated carbocycles. The number of aryl methyl sites for hydroxylation is 2. The van der Waals surface area contributed by atoms with Gasteiger partial charge in [0.15, 0.2) is 0 Å². The molecule has 0 aliphatic heterocycles. The zero-order valence-electron chi connectivity index (χ0n) is 14.6. The Morgan fingerprint density at radius 2 is 1.58 bits per heavy atom. The van der Waals surface area contributed by atoms with Gasteiger partial charge in [0.1, 0.15) is 10.6 Å². The zero-order chi connectivity index (χ0) is 18.6. The van der Waals surface area contributed by atoms with Gasteiger partial charge in [-0.3, -0.25) is 4.99 Å². The highest BCUT2D eigenvalue weighted by molar-refractivity contribution is 7.87. The molecule has 3 aromatic rings. The fourth-order valence-corrected chi connectivity index (χ4v) is 3.42. The van der Waals surface area contributed by atoms with E-state index in [-0.39, 0.29) is 10.6 Å². The van der Waals surface area contributed by atoms with E-state index in [1.54, 1.807) is 48.7 Å². The molecule has 3 aromatic carbocycles. The van der Waals surface area contributed by atoms with Crippen LogP contribution in [0.2, 0.25) is 0 Å². The van der Waals surface area contributed by atoms with Crippen molar-refractivity contribution in [2.75, 3.05) is 0 Å². The molecule has 0 aliphatic carbocycles. The van der Waals surface area contributed by atoms with Crippen molar-refractivity contribution >= 4 is 22.0 Å². The van der Waals surface area contributed by atoms with Gasteiger partial charge in [-0.15, -0.1) is 0 Å². The lowest BCUT2D eigenvalue weighted by molar-refractivity contribution is 0.486. The smallest absolute Gasteiger partial charge is 0.339 e. The SMILES string of the molecule is Cc1ccc(N=Cc2ccc(OS(=O)(=O)c3ccccc3)cc2)c(C)c1. The van der Waals surface area contributed by atoms with E-state index >= 15 is 0 Å². The van der Waals surface area contributed by atoms with Gasteiger partial charge in [-0.2, -0.15) is 8.42 Å². The summed E-state index contributed by atoms with van der Waals surface area (Å²) in [6, 6.07) is 20.9. The van der Waals surface area contributed by atoms with Crippen molar-refractivity contribution in [3.8, 4) is 5.75 Å². The first kappa shape index (κ1) is 17.9. The van der Waals surface area contributed by atoms with Gasteiger partial charge >= 0.3 is 10.1 Å². The third kappa shape index (κ3) is 4.37. The number of aliphatic imine (C=N–C) groups is 1. The Hall–Kier alpha value is -2.92. The highest BCUT2D eigenvalue weighted by atomic mass is 32.2. The van der Waals surface area contributed by atoms with Crippen molar-refractivity contribution in [2.45, 2.75) is 18.7 Å². The van der Waals surface area contributed by atoms with E-state index in [2.05, 4.69) is 11.1 Å². The normalized spacial score (nSPS) is 11.6. The molecule has 0 atom stereocenters. The minimum Gasteiger partial charge on any atom is -0.379 e. The van der Waals surface area contributed by atoms with Crippen LogP contribution < -0.4 is 4.18 Å². The molecule has 4 nitrogen and oxygen atoms in total. The van der Waals surface area contributed by atoms with E-state index in [1.165, 1.54) is 17.7 Å². The molecule has 0 aliphatic rings. The van der Waals surface area contributed by atoms with Crippen LogP contribution in [0.1, 0.15) is 16.7 Å². The van der Waals surface area contributed by atoms with Crippen molar-refractivity contribution in [2.24, 2.45) is 4.99 Å². The predicted octanol–water partition coefficient (Wildman–Crippen LogP) is 4.82. The minimum atomic E-state index is -3.82. The van der Waals surface area contributed by atoms with Crippen molar-refractivity contribution in [3.63, 3.8) is 0 Å². The van der Waals surface area contributed by atoms with Gasteiger partial charge in [-0.05, 0) is 67.4 Å². The van der Waals surface area contributed by atoms with Gasteiger partial charge in [0.25, 0.3) is 0 Å². The Bertz CT molecular complexity index is 1020. The van der Waals surface area contributed by atoms with Crippen LogP contribution in [0.5, 0.6) is 5.75 Å². The van der Waals surface area contributed by atoms with Crippen LogP contribution in [0.25, 0.3) is 0 Å². The number of rotatable bonds is 5. The molecule has 132 valence electrons. The van der Waals surface area contributed by atoms with Crippen LogP contribution >= 0.6 is 0 Å². The molecular weight excluding hydrogens is 346 g/mol. The molecule has 0 bridgehead atoms. The zero-order valence-corrected chi connectivity index (χ0v) is 15.4. The van der Waals surface area contributed by atoms with Crippen LogP contribution in [-0.4, -0.2) is 14.6 Å². The third-order valence-corrected chi connectivity index (χ3v) is 5.08. The van der Waals surface area contributed by atoms with E-state index < -0.39 is 10.1 Å². The molecule has 26 heavy (non-hydrogen) atoms. The van der Waals surface area contributed by atoms with Crippen molar-refractivity contribution in [1.82, 2.24) is 0 Å². The molecule has 0 spiro atoms. The highest BCUT2D eigenvalue weighted by Crippen LogP contribution is 2.21. The Labute approximate surface area is 153 Å². The first-order chi connectivity index (χ1) is 12.4. The van der Waals surface area contributed by atoms with Gasteiger partial charge in [-0.25, -0.2) is 0 Å². The summed E-state index contributed by atoms with van der Waals surface area (Å²) >= 11 is 0. The molecule has 0 N–H and O–H groups in total. The largest absolute Gasteiger partial charge is 0.379 e. The molecule has 5 heteroatoms. The maximum atomic E-state index is 12.2. The van der Waals surface area contributed by atoms with Crippen LogP contribution in [0.4, 0.5) is 5.69 Å². The Balaban J connectivity index is 1.73. The lowest BCUT2D eigenvalue weighted by Gasteiger charge is -2.07. The average Bonchev–Trinajstić information content (AvgIpc) is 2.63. The minimum absolute atomic E-state index is 0.125. The first-order valence-electron chi connectivity index (χ1n) is 8.15. The van der Waals surface area contributed by atoms with Crippen LogP contribution in [0.3, 0.4) is 0 Å². The van der Waals surface area contributed by atoms with Crippen molar-refractivity contribution < 1.29 is 12.6 Å². The molecular formula is C21H19NO3S. The average molecular weight is 365 g/mol. The van der Waals surface area contributed by atoms with Gasteiger partial charge in [0.05, 0.1) is 5.69 Å². The number of benzene rings is 3. The Morgan fingerprint density at radius 3 is 2.23 bits per heavy atom. The number of hydrogen-bond acceptors (Lipinski definition) is 4. The maximum Gasteiger partial charge on any atom is 0.339 e. The van der Waals surface area contributed by atoms with Gasteiger partial charge in [0.2, 0.25) is 0 Å². The van der Waals surface area contributed by atoms with E-state index in [1.807, 2.05) is 26.0 Å². The summed E-state index contributed by atoms with van der Waals surface area (Å²) in [7, 11) is -3.82. The molecule has 0 radical (unpaired) electrons. The molecule has 0 aromatic heterocycles. The third-order valence-electron chi connectivity index (χ3n) is 3.82. The van der Waals surface area contributed by atoms with Crippen LogP contribution in [0.15, 0.2) is 82.7 Å². The molecule has 0 amide bonds. The summed E-state index contributed by atoms with van der Waals surface area (Å²) in [5.41, 5.74) is 4.06. The highest BCUT2D eigenvalue weighted by Gasteiger charge is 2.15. The standard InChI is InChI=1S/C21H19NO3S/c1-16-8-13-21(17(2)14-16)22-15-18-9-11-19(12-10-18)25-26(23,24)20-6-4-3-5-7-20/h3-15H,1-2H3. The molecule has 3 rings (SSSR count). The van der Waals surface area contributed by atoms with E-state index in [0.29, 0.717) is 0 Å². The molecule has 0 unspecified atom stereocenters. The second-order valence-corrected chi connectivity index (χ2v) is 7.51. The fourth-order valence-electron chi connectivity index (χ4n) is 2.47. The van der Waals surface area contributed by atoms with Crippen LogP contribution in [0, 0.1) is 13.8 Å². The lowest BCUT2D eigenvalue weighted by Crippen LogP contribution is -2.09. The lowest BCUT2D eigenvalue weighted by atomic mass is 10.1. The van der Waals surface area contributed by atoms with Gasteiger partial charge < -0.3 is 4.18 Å². The predicted molar refractivity (Wildman–Crippen MR) is 104 cm³/mol. The van der Waals surface area contributed by atoms with E-state index in [9.17, 15) is 8.42 Å². The Kier molecular flexibility index (Phi) is 5.19. The molecule has 0 fully saturated rings. The van der Waals surface area contributed by atoms with E-state index in [4.69, 9.17) is 4.18 Å². The fraction of sp³-hybridized carbons (Fsp3) is 0.0952. The van der Waals surface area contributed by atoms with Gasteiger partial charge in [-0.1, -0.05) is 35.9 Å². The monoisotopic (exact) mass is 365 g/mol. The summed E-state index contributed by atoms with van der Waals surface area (Å²) < 4.78 is 29.6. The van der Waals surface area contributed by atoms with Gasteiger partial charge in [0, 0.05) is 6.21 Å². The van der Waals surface area contributed by atoms with E-state index in [0.717, 1.165) is 16.8 Å². The molecule has 0 saturated heterocycles. The summed E-state index contributed by atoms with van der Waals surface area (Å²) in [5.74, 6) is 0.262. The summed E-state index contributed by atoms with van der Waals surface area (Å²) in [5, 5.41) is 0. The van der Waals surface area contributed by atoms with Crippen molar-refractivity contribution in [1.29, 1.82) is 0 Å². The summed E-state index contributed by atoms with van der Waals surface area (Å²) in [6.07, 6.45) is 1.74. The summed E-state index contributed by atoms with van der Waals surface area (Å²) in [4.78, 5) is 4.61. The number of hydrogen-bond donors (Lipinski definition) is 0.